The highest BCUT2D eigenvalue weighted by Crippen LogP contribution is 2.21. The molecule has 3 heteroatoms. The van der Waals surface area contributed by atoms with Crippen molar-refractivity contribution in [1.82, 2.24) is 5.32 Å². The van der Waals surface area contributed by atoms with E-state index in [-0.39, 0.29) is 5.78 Å². The van der Waals surface area contributed by atoms with Gasteiger partial charge in [0.2, 0.25) is 0 Å². The lowest BCUT2D eigenvalue weighted by Gasteiger charge is -2.35. The van der Waals surface area contributed by atoms with E-state index in [0.29, 0.717) is 6.04 Å². The van der Waals surface area contributed by atoms with Crippen LogP contribution in [0.3, 0.4) is 0 Å². The number of hydrogen-bond donors (Lipinski definition) is 1. The molecule has 0 aromatic heterocycles. The van der Waals surface area contributed by atoms with Crippen molar-refractivity contribution < 1.29 is 4.79 Å². The number of carbonyl (C=O) groups excluding carboxylic acids is 1. The minimum atomic E-state index is 0.136. The predicted molar refractivity (Wildman–Crippen MR) is 75.4 cm³/mol. The number of piperidine rings is 1. The van der Waals surface area contributed by atoms with Crippen LogP contribution in [-0.4, -0.2) is 31.5 Å². The highest BCUT2D eigenvalue weighted by atomic mass is 16.1. The molecule has 98 valence electrons. The van der Waals surface area contributed by atoms with Crippen LogP contribution in [0, 0.1) is 0 Å². The van der Waals surface area contributed by atoms with Crippen molar-refractivity contribution in [2.24, 2.45) is 0 Å². The Balaban J connectivity index is 2.10. The highest BCUT2D eigenvalue weighted by Gasteiger charge is 2.19. The lowest BCUT2D eigenvalue weighted by Crippen LogP contribution is -2.45. The molecule has 0 spiro atoms. The summed E-state index contributed by atoms with van der Waals surface area (Å²) in [7, 11) is 0. The van der Waals surface area contributed by atoms with E-state index in [4.69, 9.17) is 0 Å². The summed E-state index contributed by atoms with van der Waals surface area (Å²) < 4.78 is 0. The summed E-state index contributed by atoms with van der Waals surface area (Å²) in [6.07, 6.45) is 2.46. The van der Waals surface area contributed by atoms with Crippen molar-refractivity contribution in [3.05, 3.63) is 29.8 Å². The Morgan fingerprint density at radius 3 is 3.06 bits per heavy atom. The summed E-state index contributed by atoms with van der Waals surface area (Å²) in [6, 6.07) is 8.54. The normalized spacial score (nSPS) is 19.9. The van der Waals surface area contributed by atoms with Gasteiger partial charge in [0, 0.05) is 30.4 Å². The Hall–Kier alpha value is -1.35. The molecule has 0 amide bonds. The van der Waals surface area contributed by atoms with Crippen molar-refractivity contribution in [2.75, 3.05) is 24.5 Å². The average Bonchev–Trinajstić information content (AvgIpc) is 2.39. The van der Waals surface area contributed by atoms with Gasteiger partial charge in [0.25, 0.3) is 0 Å². The van der Waals surface area contributed by atoms with Crippen molar-refractivity contribution >= 4 is 11.5 Å². The van der Waals surface area contributed by atoms with Crippen molar-refractivity contribution in [3.63, 3.8) is 0 Å². The standard InChI is InChI=1S/C15H22N2O/c1-3-16-14-7-5-9-17(11-14)15-8-4-6-13(10-15)12(2)18/h4,6,8,10,14,16H,3,5,7,9,11H2,1-2H3. The van der Waals surface area contributed by atoms with E-state index in [1.54, 1.807) is 6.92 Å². The van der Waals surface area contributed by atoms with Gasteiger partial charge < -0.3 is 10.2 Å². The monoisotopic (exact) mass is 246 g/mol. The zero-order chi connectivity index (χ0) is 13.0. The van der Waals surface area contributed by atoms with Gasteiger partial charge in [-0.2, -0.15) is 0 Å². The van der Waals surface area contributed by atoms with Crippen molar-refractivity contribution in [2.45, 2.75) is 32.7 Å². The number of ketones is 1. The first kappa shape index (κ1) is 13.1. The molecule has 1 fully saturated rings. The summed E-state index contributed by atoms with van der Waals surface area (Å²) in [6.45, 7) is 6.91. The number of benzene rings is 1. The van der Waals surface area contributed by atoms with E-state index in [1.165, 1.54) is 18.5 Å². The van der Waals surface area contributed by atoms with Gasteiger partial charge in [0.1, 0.15) is 0 Å². The van der Waals surface area contributed by atoms with Gasteiger partial charge in [0.05, 0.1) is 0 Å². The van der Waals surface area contributed by atoms with E-state index in [2.05, 4.69) is 23.2 Å². The molecule has 0 saturated carbocycles. The fraction of sp³-hybridized carbons (Fsp3) is 0.533. The number of carbonyl (C=O) groups is 1. The van der Waals surface area contributed by atoms with Crippen LogP contribution in [-0.2, 0) is 0 Å². The number of rotatable bonds is 4. The molecule has 0 bridgehead atoms. The van der Waals surface area contributed by atoms with Crippen molar-refractivity contribution in [1.29, 1.82) is 0 Å². The van der Waals surface area contributed by atoms with Gasteiger partial charge in [-0.25, -0.2) is 0 Å². The van der Waals surface area contributed by atoms with Crippen LogP contribution in [0.15, 0.2) is 24.3 Å². The first-order valence-electron chi connectivity index (χ1n) is 6.80. The minimum Gasteiger partial charge on any atom is -0.370 e. The second-order valence-electron chi connectivity index (χ2n) is 4.95. The molecule has 1 aromatic rings. The second-order valence-corrected chi connectivity index (χ2v) is 4.95. The zero-order valence-electron chi connectivity index (χ0n) is 11.3. The third-order valence-corrected chi connectivity index (χ3v) is 3.53. The molecule has 1 unspecified atom stereocenters. The summed E-state index contributed by atoms with van der Waals surface area (Å²) in [5.41, 5.74) is 1.98. The number of hydrogen-bond acceptors (Lipinski definition) is 3. The second kappa shape index (κ2) is 6.01. The molecule has 0 aliphatic carbocycles. The molecule has 1 saturated heterocycles. The van der Waals surface area contributed by atoms with Crippen LogP contribution in [0.4, 0.5) is 5.69 Å². The number of nitrogens with zero attached hydrogens (tertiary/aromatic N) is 1. The lowest BCUT2D eigenvalue weighted by molar-refractivity contribution is 0.101. The lowest BCUT2D eigenvalue weighted by atomic mass is 10.0. The quantitative estimate of drug-likeness (QED) is 0.828. The topological polar surface area (TPSA) is 32.3 Å². The van der Waals surface area contributed by atoms with Crippen LogP contribution >= 0.6 is 0 Å². The van der Waals surface area contributed by atoms with Gasteiger partial charge in [0.15, 0.2) is 5.78 Å². The maximum Gasteiger partial charge on any atom is 0.159 e. The summed E-state index contributed by atoms with van der Waals surface area (Å²) in [5, 5.41) is 3.51. The van der Waals surface area contributed by atoms with Gasteiger partial charge in [-0.1, -0.05) is 19.1 Å². The van der Waals surface area contributed by atoms with Crippen LogP contribution in [0.25, 0.3) is 0 Å². The molecule has 1 aliphatic rings. The SMILES string of the molecule is CCNC1CCCN(c2cccc(C(C)=O)c2)C1. The molecule has 2 rings (SSSR count). The Morgan fingerprint density at radius 1 is 1.50 bits per heavy atom. The highest BCUT2D eigenvalue weighted by molar-refractivity contribution is 5.94. The molecule has 1 aromatic carbocycles. The van der Waals surface area contributed by atoms with E-state index in [0.717, 1.165) is 25.2 Å². The Kier molecular flexibility index (Phi) is 4.37. The molecule has 18 heavy (non-hydrogen) atoms. The van der Waals surface area contributed by atoms with E-state index in [1.807, 2.05) is 18.2 Å². The summed E-state index contributed by atoms with van der Waals surface area (Å²) >= 11 is 0. The molecule has 1 atom stereocenters. The van der Waals surface area contributed by atoms with Crippen LogP contribution in [0.5, 0.6) is 0 Å². The molecular weight excluding hydrogens is 224 g/mol. The number of nitrogens with one attached hydrogen (secondary N) is 1. The van der Waals surface area contributed by atoms with Crippen LogP contribution in [0.2, 0.25) is 0 Å². The van der Waals surface area contributed by atoms with Crippen LogP contribution < -0.4 is 10.2 Å². The molecule has 1 N–H and O–H groups in total. The molecular formula is C15H22N2O. The average molecular weight is 246 g/mol. The Morgan fingerprint density at radius 2 is 2.33 bits per heavy atom. The Bertz CT molecular complexity index is 415. The summed E-state index contributed by atoms with van der Waals surface area (Å²) in [5.74, 6) is 0.136. The predicted octanol–water partition coefficient (Wildman–Crippen LogP) is 2.47. The van der Waals surface area contributed by atoms with Crippen LogP contribution in [0.1, 0.15) is 37.0 Å². The first-order valence-corrected chi connectivity index (χ1v) is 6.80. The van der Waals surface area contributed by atoms with Crippen molar-refractivity contribution in [3.8, 4) is 0 Å². The molecule has 1 heterocycles. The van der Waals surface area contributed by atoms with E-state index < -0.39 is 0 Å². The fourth-order valence-electron chi connectivity index (χ4n) is 2.59. The van der Waals surface area contributed by atoms with Gasteiger partial charge >= 0.3 is 0 Å². The summed E-state index contributed by atoms with van der Waals surface area (Å²) in [4.78, 5) is 13.8. The third-order valence-electron chi connectivity index (χ3n) is 3.53. The third kappa shape index (κ3) is 3.10. The van der Waals surface area contributed by atoms with E-state index in [9.17, 15) is 4.79 Å². The number of Topliss-reactive ketones (excluding diaryl/α,β-unsaturated/α-hetero) is 1. The number of anilines is 1. The molecule has 3 nitrogen and oxygen atoms in total. The first-order chi connectivity index (χ1) is 8.70. The smallest absolute Gasteiger partial charge is 0.159 e. The minimum absolute atomic E-state index is 0.136. The molecule has 1 aliphatic heterocycles. The van der Waals surface area contributed by atoms with Gasteiger partial charge in [-0.15, -0.1) is 0 Å². The fourth-order valence-corrected chi connectivity index (χ4v) is 2.59. The maximum atomic E-state index is 11.4. The van der Waals surface area contributed by atoms with E-state index >= 15 is 0 Å². The maximum absolute atomic E-state index is 11.4. The zero-order valence-corrected chi connectivity index (χ0v) is 11.3. The number of likely N-dealkylation sites (N-methyl/N-ethyl adjacent to an activating group) is 1. The molecule has 0 radical (unpaired) electrons. The Labute approximate surface area is 109 Å². The van der Waals surface area contributed by atoms with Gasteiger partial charge in [-0.05, 0) is 38.4 Å². The largest absolute Gasteiger partial charge is 0.370 e. The van der Waals surface area contributed by atoms with Gasteiger partial charge in [-0.3, -0.25) is 4.79 Å².